The first kappa shape index (κ1) is 20.8. The molecule has 1 fully saturated rings. The Balaban J connectivity index is 1.69. The summed E-state index contributed by atoms with van der Waals surface area (Å²) in [6.45, 7) is 10.9. The van der Waals surface area contributed by atoms with Crippen molar-refractivity contribution >= 4 is 21.1 Å². The van der Waals surface area contributed by atoms with Gasteiger partial charge < -0.3 is 4.98 Å². The van der Waals surface area contributed by atoms with Gasteiger partial charge in [0, 0.05) is 54.2 Å². The third kappa shape index (κ3) is 3.63. The summed E-state index contributed by atoms with van der Waals surface area (Å²) in [6.07, 6.45) is 2.97. The SMILES string of the molecule is CCCN1C[C@@H](NS(=O)(=O)N(CC)CC)CC2c3cccc4[nH]c(C)c(c34)C[C@H]21. The summed E-state index contributed by atoms with van der Waals surface area (Å²) in [5.41, 5.74) is 5.30. The van der Waals surface area contributed by atoms with Crippen LogP contribution in [0.5, 0.6) is 0 Å². The molecule has 0 radical (unpaired) electrons. The number of aromatic nitrogens is 1. The van der Waals surface area contributed by atoms with Crippen molar-refractivity contribution in [3.63, 3.8) is 0 Å². The molecule has 0 bridgehead atoms. The summed E-state index contributed by atoms with van der Waals surface area (Å²) in [6, 6.07) is 6.92. The maximum Gasteiger partial charge on any atom is 0.279 e. The minimum absolute atomic E-state index is 0.0646. The maximum atomic E-state index is 12.9. The number of piperidine rings is 1. The third-order valence-corrected chi connectivity index (χ3v) is 8.61. The Kier molecular flexibility index (Phi) is 5.77. The van der Waals surface area contributed by atoms with Gasteiger partial charge in [0.1, 0.15) is 0 Å². The standard InChI is InChI=1S/C22H34N4O2S/c1-5-11-25-14-16(24-29(27,28)26(6-2)7-3)12-19-17-9-8-10-20-22(17)18(13-21(19)25)15(4)23-20/h8-10,16,19,21,23-24H,5-7,11-14H2,1-4H3/t16-,19?,21+/m0/s1. The third-order valence-electron chi connectivity index (χ3n) is 6.78. The number of nitrogens with one attached hydrogen (secondary N) is 2. The van der Waals surface area contributed by atoms with Gasteiger partial charge in [-0.25, -0.2) is 0 Å². The Morgan fingerprint density at radius 2 is 2.00 bits per heavy atom. The van der Waals surface area contributed by atoms with Crippen LogP contribution in [0.3, 0.4) is 0 Å². The number of hydrogen-bond donors (Lipinski definition) is 2. The molecular weight excluding hydrogens is 384 g/mol. The molecule has 1 aliphatic heterocycles. The molecule has 1 aliphatic carbocycles. The highest BCUT2D eigenvalue weighted by atomic mass is 32.2. The maximum absolute atomic E-state index is 12.9. The van der Waals surface area contributed by atoms with Crippen LogP contribution < -0.4 is 4.72 Å². The van der Waals surface area contributed by atoms with E-state index >= 15 is 0 Å². The fourth-order valence-electron chi connectivity index (χ4n) is 5.54. The molecule has 1 saturated heterocycles. The van der Waals surface area contributed by atoms with Crippen LogP contribution in [0.4, 0.5) is 0 Å². The van der Waals surface area contributed by atoms with Gasteiger partial charge in [-0.1, -0.05) is 32.9 Å². The fourth-order valence-corrected chi connectivity index (χ4v) is 6.97. The van der Waals surface area contributed by atoms with Crippen molar-refractivity contribution in [1.29, 1.82) is 0 Å². The molecule has 29 heavy (non-hydrogen) atoms. The molecule has 4 rings (SSSR count). The van der Waals surface area contributed by atoms with Gasteiger partial charge in [-0.05, 0) is 49.9 Å². The predicted molar refractivity (Wildman–Crippen MR) is 119 cm³/mol. The number of nitrogens with zero attached hydrogens (tertiary/aromatic N) is 2. The number of benzene rings is 1. The van der Waals surface area contributed by atoms with E-state index < -0.39 is 10.2 Å². The van der Waals surface area contributed by atoms with Crippen molar-refractivity contribution in [3.05, 3.63) is 35.0 Å². The van der Waals surface area contributed by atoms with Crippen LogP contribution in [-0.4, -0.2) is 60.9 Å². The van der Waals surface area contributed by atoms with E-state index in [-0.39, 0.29) is 6.04 Å². The average Bonchev–Trinajstić information content (AvgIpc) is 3.00. The van der Waals surface area contributed by atoms with Crippen LogP contribution in [0.15, 0.2) is 18.2 Å². The van der Waals surface area contributed by atoms with Gasteiger partial charge in [0.05, 0.1) is 0 Å². The van der Waals surface area contributed by atoms with Crippen molar-refractivity contribution in [2.24, 2.45) is 0 Å². The van der Waals surface area contributed by atoms with Crippen LogP contribution in [0.25, 0.3) is 10.9 Å². The van der Waals surface area contributed by atoms with Gasteiger partial charge in [-0.3, -0.25) is 4.90 Å². The van der Waals surface area contributed by atoms with Crippen LogP contribution in [0.2, 0.25) is 0 Å². The molecule has 7 heteroatoms. The zero-order valence-corrected chi connectivity index (χ0v) is 18.8. The molecular formula is C22H34N4O2S. The Hall–Kier alpha value is -1.41. The number of hydrogen-bond acceptors (Lipinski definition) is 3. The van der Waals surface area contributed by atoms with Crippen LogP contribution in [0.1, 0.15) is 56.4 Å². The zero-order chi connectivity index (χ0) is 20.8. The summed E-state index contributed by atoms with van der Waals surface area (Å²) in [5, 5.41) is 1.37. The average molecular weight is 419 g/mol. The number of H-pyrrole nitrogens is 1. The first-order valence-electron chi connectivity index (χ1n) is 11.0. The summed E-state index contributed by atoms with van der Waals surface area (Å²) in [5.74, 6) is 0.353. The molecule has 0 amide bonds. The smallest absolute Gasteiger partial charge is 0.279 e. The van der Waals surface area contributed by atoms with E-state index in [1.807, 2.05) is 13.8 Å². The Morgan fingerprint density at radius 3 is 2.69 bits per heavy atom. The molecule has 1 unspecified atom stereocenters. The molecule has 2 aliphatic rings. The van der Waals surface area contributed by atoms with Crippen LogP contribution in [-0.2, 0) is 16.6 Å². The largest absolute Gasteiger partial charge is 0.358 e. The Bertz CT molecular complexity index is 980. The summed E-state index contributed by atoms with van der Waals surface area (Å²) in [7, 11) is -3.46. The fraction of sp³-hybridized carbons (Fsp3) is 0.636. The molecule has 2 heterocycles. The summed E-state index contributed by atoms with van der Waals surface area (Å²) >= 11 is 0. The lowest BCUT2D eigenvalue weighted by atomic mass is 9.73. The van der Waals surface area contributed by atoms with E-state index in [2.05, 4.69) is 46.7 Å². The van der Waals surface area contributed by atoms with E-state index in [1.54, 1.807) is 0 Å². The monoisotopic (exact) mass is 418 g/mol. The van der Waals surface area contributed by atoms with E-state index in [4.69, 9.17) is 0 Å². The van der Waals surface area contributed by atoms with Crippen molar-refractivity contribution in [3.8, 4) is 0 Å². The number of fused-ring (bicyclic) bond motifs is 2. The van der Waals surface area contributed by atoms with E-state index in [1.165, 1.54) is 32.0 Å². The normalized spacial score (nSPS) is 24.9. The Labute approximate surface area is 174 Å². The number of likely N-dealkylation sites (tertiary alicyclic amines) is 1. The first-order chi connectivity index (χ1) is 13.9. The lowest BCUT2D eigenvalue weighted by Crippen LogP contribution is -2.58. The molecule has 2 N–H and O–H groups in total. The summed E-state index contributed by atoms with van der Waals surface area (Å²) < 4.78 is 30.3. The van der Waals surface area contributed by atoms with Gasteiger partial charge in [-0.15, -0.1) is 0 Å². The van der Waals surface area contributed by atoms with Gasteiger partial charge >= 0.3 is 0 Å². The minimum Gasteiger partial charge on any atom is -0.358 e. The molecule has 6 nitrogen and oxygen atoms in total. The minimum atomic E-state index is -3.46. The molecule has 0 saturated carbocycles. The molecule has 3 atom stereocenters. The Morgan fingerprint density at radius 1 is 1.24 bits per heavy atom. The quantitative estimate of drug-likeness (QED) is 0.726. The highest BCUT2D eigenvalue weighted by Crippen LogP contribution is 2.44. The zero-order valence-electron chi connectivity index (χ0n) is 18.0. The lowest BCUT2D eigenvalue weighted by molar-refractivity contribution is 0.105. The molecule has 160 valence electrons. The van der Waals surface area contributed by atoms with Crippen LogP contribution in [0, 0.1) is 6.92 Å². The lowest BCUT2D eigenvalue weighted by Gasteiger charge is -2.47. The number of aromatic amines is 1. The second-order valence-corrected chi connectivity index (χ2v) is 10.2. The van der Waals surface area contributed by atoms with E-state index in [9.17, 15) is 8.42 Å². The van der Waals surface area contributed by atoms with Crippen molar-refractivity contribution in [2.75, 3.05) is 26.2 Å². The van der Waals surface area contributed by atoms with E-state index in [0.29, 0.717) is 25.0 Å². The molecule has 2 aromatic rings. The molecule has 0 spiro atoms. The van der Waals surface area contributed by atoms with Crippen molar-refractivity contribution in [2.45, 2.75) is 65.0 Å². The van der Waals surface area contributed by atoms with Gasteiger partial charge in [0.15, 0.2) is 0 Å². The van der Waals surface area contributed by atoms with Crippen LogP contribution >= 0.6 is 0 Å². The van der Waals surface area contributed by atoms with Crippen molar-refractivity contribution in [1.82, 2.24) is 18.9 Å². The predicted octanol–water partition coefficient (Wildman–Crippen LogP) is 3.15. The van der Waals surface area contributed by atoms with Crippen molar-refractivity contribution < 1.29 is 8.42 Å². The second kappa shape index (κ2) is 8.02. The second-order valence-electron chi connectivity index (χ2n) is 8.51. The van der Waals surface area contributed by atoms with Gasteiger partial charge in [-0.2, -0.15) is 17.4 Å². The number of aryl methyl sites for hydroxylation is 1. The van der Waals surface area contributed by atoms with Gasteiger partial charge in [0.2, 0.25) is 0 Å². The van der Waals surface area contributed by atoms with Gasteiger partial charge in [0.25, 0.3) is 10.2 Å². The molecule has 1 aromatic carbocycles. The topological polar surface area (TPSA) is 68.4 Å². The summed E-state index contributed by atoms with van der Waals surface area (Å²) in [4.78, 5) is 6.08. The first-order valence-corrected chi connectivity index (χ1v) is 12.4. The number of rotatable bonds is 7. The highest BCUT2D eigenvalue weighted by molar-refractivity contribution is 7.87. The highest BCUT2D eigenvalue weighted by Gasteiger charge is 2.42. The van der Waals surface area contributed by atoms with E-state index in [0.717, 1.165) is 32.4 Å². The molecule has 1 aromatic heterocycles.